The number of H-pyrrole nitrogens is 1. The fourth-order valence-corrected chi connectivity index (χ4v) is 3.86. The first-order chi connectivity index (χ1) is 15.9. The van der Waals surface area contributed by atoms with Gasteiger partial charge in [0.15, 0.2) is 0 Å². The van der Waals surface area contributed by atoms with Gasteiger partial charge in [-0.2, -0.15) is 13.2 Å². The van der Waals surface area contributed by atoms with Crippen molar-refractivity contribution in [3.8, 4) is 11.5 Å². The fraction of sp³-hybridized carbons (Fsp3) is 0.440. The van der Waals surface area contributed by atoms with Gasteiger partial charge in [-0.3, -0.25) is 0 Å². The maximum absolute atomic E-state index is 10.6. The van der Waals surface area contributed by atoms with Crippen molar-refractivity contribution in [1.29, 1.82) is 0 Å². The van der Waals surface area contributed by atoms with Gasteiger partial charge in [-0.25, -0.2) is 9.78 Å². The monoisotopic (exact) mass is 477 g/mol. The molecule has 0 aliphatic heterocycles. The Labute approximate surface area is 196 Å². The Hall–Kier alpha value is -3.07. The number of aromatic amines is 1. The van der Waals surface area contributed by atoms with Crippen molar-refractivity contribution in [3.05, 3.63) is 53.9 Å². The van der Waals surface area contributed by atoms with E-state index in [9.17, 15) is 13.2 Å². The first-order valence-electron chi connectivity index (χ1n) is 11.2. The average molecular weight is 478 g/mol. The molecule has 1 aliphatic rings. The molecular weight excluding hydrogens is 447 g/mol. The predicted octanol–water partition coefficient (Wildman–Crippen LogP) is 6.36. The number of carboxylic acid groups (broad SMARTS) is 1. The van der Waals surface area contributed by atoms with Crippen LogP contribution in [-0.2, 0) is 11.3 Å². The quantitative estimate of drug-likeness (QED) is 0.398. The number of nitrogens with zero attached hydrogens (tertiary/aromatic N) is 1. The molecule has 1 heterocycles. The van der Waals surface area contributed by atoms with E-state index in [0.29, 0.717) is 11.5 Å². The number of carbonyl (C=O) groups is 1. The van der Waals surface area contributed by atoms with Crippen LogP contribution >= 0.6 is 0 Å². The van der Waals surface area contributed by atoms with Crippen molar-refractivity contribution in [2.45, 2.75) is 65.2 Å². The molecule has 3 N–H and O–H groups in total. The van der Waals surface area contributed by atoms with E-state index in [1.807, 2.05) is 37.3 Å². The SMILES string of the molecule is Cc1nc2ccc(Oc3ccc(CNC4CCC(C)(C)CC4)cc3)cc2[nH]1.O=C(O)C(F)(F)F. The number of hydrogen-bond acceptors (Lipinski definition) is 4. The van der Waals surface area contributed by atoms with Crippen molar-refractivity contribution in [2.75, 3.05) is 0 Å². The van der Waals surface area contributed by atoms with Crippen LogP contribution in [0.3, 0.4) is 0 Å². The number of aromatic nitrogens is 2. The van der Waals surface area contributed by atoms with E-state index >= 15 is 0 Å². The molecule has 0 atom stereocenters. The van der Waals surface area contributed by atoms with Gasteiger partial charge in [-0.05, 0) is 67.9 Å². The van der Waals surface area contributed by atoms with Crippen LogP contribution in [0.25, 0.3) is 11.0 Å². The molecule has 1 aromatic heterocycles. The highest BCUT2D eigenvalue weighted by Gasteiger charge is 2.38. The summed E-state index contributed by atoms with van der Waals surface area (Å²) in [6.07, 6.45) is 0.114. The normalized spacial score (nSPS) is 16.1. The third kappa shape index (κ3) is 7.48. The smallest absolute Gasteiger partial charge is 0.475 e. The first kappa shape index (κ1) is 25.6. The van der Waals surface area contributed by atoms with Gasteiger partial charge < -0.3 is 20.1 Å². The molecule has 1 saturated carbocycles. The molecule has 9 heteroatoms. The van der Waals surface area contributed by atoms with Gasteiger partial charge >= 0.3 is 12.1 Å². The summed E-state index contributed by atoms with van der Waals surface area (Å²) < 4.78 is 37.7. The predicted molar refractivity (Wildman–Crippen MR) is 124 cm³/mol. The minimum atomic E-state index is -5.08. The topological polar surface area (TPSA) is 87.2 Å². The number of benzene rings is 2. The molecule has 0 saturated heterocycles. The number of fused-ring (bicyclic) bond motifs is 1. The van der Waals surface area contributed by atoms with Crippen molar-refractivity contribution < 1.29 is 27.8 Å². The third-order valence-corrected chi connectivity index (χ3v) is 5.91. The molecule has 0 unspecified atom stereocenters. The Bertz CT molecular complexity index is 1100. The van der Waals surface area contributed by atoms with Crippen LogP contribution in [0.1, 0.15) is 50.9 Å². The second kappa shape index (κ2) is 10.5. The van der Waals surface area contributed by atoms with Crippen LogP contribution in [0.15, 0.2) is 42.5 Å². The van der Waals surface area contributed by atoms with Gasteiger partial charge in [0.25, 0.3) is 0 Å². The molecule has 3 aromatic rings. The van der Waals surface area contributed by atoms with Crippen LogP contribution in [0.5, 0.6) is 11.5 Å². The zero-order valence-corrected chi connectivity index (χ0v) is 19.5. The van der Waals surface area contributed by atoms with E-state index in [1.165, 1.54) is 31.2 Å². The second-order valence-corrected chi connectivity index (χ2v) is 9.37. The number of ether oxygens (including phenoxy) is 1. The van der Waals surface area contributed by atoms with Crippen molar-refractivity contribution >= 4 is 17.0 Å². The van der Waals surface area contributed by atoms with E-state index in [0.717, 1.165) is 34.9 Å². The van der Waals surface area contributed by atoms with Crippen molar-refractivity contribution in [1.82, 2.24) is 15.3 Å². The molecule has 0 spiro atoms. The first-order valence-corrected chi connectivity index (χ1v) is 11.2. The van der Waals surface area contributed by atoms with Gasteiger partial charge in [0, 0.05) is 18.7 Å². The summed E-state index contributed by atoms with van der Waals surface area (Å²) in [7, 11) is 0. The number of carboxylic acids is 1. The Morgan fingerprint density at radius 3 is 2.32 bits per heavy atom. The number of hydrogen-bond donors (Lipinski definition) is 3. The second-order valence-electron chi connectivity index (χ2n) is 9.37. The summed E-state index contributed by atoms with van der Waals surface area (Å²) in [5.74, 6) is -0.163. The molecule has 4 rings (SSSR count). The lowest BCUT2D eigenvalue weighted by molar-refractivity contribution is -0.192. The number of nitrogens with one attached hydrogen (secondary N) is 2. The molecule has 1 fully saturated rings. The van der Waals surface area contributed by atoms with Crippen LogP contribution in [0.4, 0.5) is 13.2 Å². The lowest BCUT2D eigenvalue weighted by atomic mass is 9.75. The fourth-order valence-electron chi connectivity index (χ4n) is 3.86. The summed E-state index contributed by atoms with van der Waals surface area (Å²) in [5.41, 5.74) is 3.79. The average Bonchev–Trinajstić information content (AvgIpc) is 3.13. The maximum Gasteiger partial charge on any atom is 0.490 e. The number of imidazole rings is 1. The van der Waals surface area contributed by atoms with E-state index < -0.39 is 12.1 Å². The Balaban J connectivity index is 0.000000406. The van der Waals surface area contributed by atoms with Gasteiger partial charge in [-0.1, -0.05) is 26.0 Å². The Kier molecular flexibility index (Phi) is 7.86. The molecule has 2 aromatic carbocycles. The molecule has 34 heavy (non-hydrogen) atoms. The third-order valence-electron chi connectivity index (χ3n) is 5.91. The van der Waals surface area contributed by atoms with Crippen LogP contribution in [0.2, 0.25) is 0 Å². The summed E-state index contributed by atoms with van der Waals surface area (Å²) in [6, 6.07) is 15.0. The molecule has 0 radical (unpaired) electrons. The summed E-state index contributed by atoms with van der Waals surface area (Å²) >= 11 is 0. The molecular formula is C25H30F3N3O3. The van der Waals surface area contributed by atoms with E-state index in [2.05, 4.69) is 41.3 Å². The van der Waals surface area contributed by atoms with Gasteiger partial charge in [0.2, 0.25) is 0 Å². The van der Waals surface area contributed by atoms with E-state index in [-0.39, 0.29) is 0 Å². The lowest BCUT2D eigenvalue weighted by Gasteiger charge is -2.34. The van der Waals surface area contributed by atoms with Gasteiger partial charge in [0.1, 0.15) is 17.3 Å². The maximum atomic E-state index is 10.6. The summed E-state index contributed by atoms with van der Waals surface area (Å²) in [5, 5.41) is 10.8. The van der Waals surface area contributed by atoms with Crippen LogP contribution in [-0.4, -0.2) is 33.3 Å². The Morgan fingerprint density at radius 2 is 1.74 bits per heavy atom. The molecule has 1 aliphatic carbocycles. The molecule has 0 amide bonds. The summed E-state index contributed by atoms with van der Waals surface area (Å²) in [4.78, 5) is 16.6. The highest BCUT2D eigenvalue weighted by atomic mass is 19.4. The Morgan fingerprint density at radius 1 is 1.15 bits per heavy atom. The number of aliphatic carboxylic acids is 1. The number of aryl methyl sites for hydroxylation is 1. The summed E-state index contributed by atoms with van der Waals surface area (Å²) in [6.45, 7) is 7.65. The number of rotatable bonds is 5. The van der Waals surface area contributed by atoms with Gasteiger partial charge in [-0.15, -0.1) is 0 Å². The van der Waals surface area contributed by atoms with Crippen molar-refractivity contribution in [2.24, 2.45) is 5.41 Å². The highest BCUT2D eigenvalue weighted by molar-refractivity contribution is 5.76. The van der Waals surface area contributed by atoms with Gasteiger partial charge in [0.05, 0.1) is 11.0 Å². The molecule has 6 nitrogen and oxygen atoms in total. The number of alkyl halides is 3. The largest absolute Gasteiger partial charge is 0.490 e. The van der Waals surface area contributed by atoms with E-state index in [4.69, 9.17) is 14.6 Å². The zero-order chi connectivity index (χ0) is 24.9. The van der Waals surface area contributed by atoms with E-state index in [1.54, 1.807) is 0 Å². The molecule has 184 valence electrons. The minimum Gasteiger partial charge on any atom is -0.475 e. The highest BCUT2D eigenvalue weighted by Crippen LogP contribution is 2.35. The van der Waals surface area contributed by atoms with Crippen LogP contribution in [0, 0.1) is 12.3 Å². The lowest BCUT2D eigenvalue weighted by Crippen LogP contribution is -2.35. The standard InChI is InChI=1S/C23H29N3O.C2HF3O2/c1-16-25-21-9-8-20(14-22(21)26-16)27-19-6-4-17(5-7-19)15-24-18-10-12-23(2,3)13-11-18;3-2(4,5)1(6)7/h4-9,14,18,24H,10-13,15H2,1-3H3,(H,25,26);(H,6,7). The minimum absolute atomic E-state index is 0.523. The zero-order valence-electron chi connectivity index (χ0n) is 19.5. The number of halogens is 3. The molecule has 0 bridgehead atoms. The van der Waals surface area contributed by atoms with Crippen LogP contribution < -0.4 is 10.1 Å². The van der Waals surface area contributed by atoms with Crippen molar-refractivity contribution in [3.63, 3.8) is 0 Å².